The van der Waals surface area contributed by atoms with E-state index in [1.807, 2.05) is 20.8 Å². The molecule has 5 unspecified atom stereocenters. The van der Waals surface area contributed by atoms with E-state index in [9.17, 15) is 9.59 Å². The number of fused-ring (bicyclic) bond motifs is 4. The van der Waals surface area contributed by atoms with Crippen molar-refractivity contribution in [2.45, 2.75) is 78.5 Å². The van der Waals surface area contributed by atoms with E-state index >= 15 is 0 Å². The molecule has 0 amide bonds. The molecule has 4 bridgehead atoms. The van der Waals surface area contributed by atoms with Gasteiger partial charge in [0.05, 0.1) is 16.0 Å². The molecule has 26 heavy (non-hydrogen) atoms. The standard InChI is InChI=1S/C21H30BrNO3/c1-17(2)12-7-8-19(17,5)13(11-12)23-26-16(25)21-10-9-20(6,18(21,3)4)15(24)14(21)22/h12,14H,7-11H2,1-6H3/b23-13+. The molecule has 4 rings (SSSR count). The fraction of sp³-hybridized carbons (Fsp3) is 0.857. The highest BCUT2D eigenvalue weighted by Gasteiger charge is 2.77. The van der Waals surface area contributed by atoms with Crippen molar-refractivity contribution in [1.82, 2.24) is 0 Å². The Labute approximate surface area is 164 Å². The highest BCUT2D eigenvalue weighted by molar-refractivity contribution is 9.10. The number of carbonyl (C=O) groups excluding carboxylic acids is 2. The predicted octanol–water partition coefficient (Wildman–Crippen LogP) is 4.89. The number of nitrogens with zero attached hydrogens (tertiary/aromatic N) is 1. The topological polar surface area (TPSA) is 55.7 Å². The van der Waals surface area contributed by atoms with Gasteiger partial charge in [0.25, 0.3) is 0 Å². The third-order valence-corrected chi connectivity index (χ3v) is 11.0. The molecule has 5 heteroatoms. The van der Waals surface area contributed by atoms with Crippen molar-refractivity contribution in [3.8, 4) is 0 Å². The lowest BCUT2D eigenvalue weighted by atomic mass is 9.65. The van der Waals surface area contributed by atoms with E-state index in [0.29, 0.717) is 12.3 Å². The molecule has 0 aliphatic heterocycles. The first-order valence-electron chi connectivity index (χ1n) is 9.83. The number of halogens is 1. The van der Waals surface area contributed by atoms with Gasteiger partial charge in [-0.25, -0.2) is 4.79 Å². The van der Waals surface area contributed by atoms with Crippen LogP contribution >= 0.6 is 15.9 Å². The summed E-state index contributed by atoms with van der Waals surface area (Å²) in [7, 11) is 0. The molecule has 4 aliphatic carbocycles. The quantitative estimate of drug-likeness (QED) is 0.360. The molecule has 0 radical (unpaired) electrons. The van der Waals surface area contributed by atoms with Gasteiger partial charge in [0.1, 0.15) is 0 Å². The third kappa shape index (κ3) is 1.71. The predicted molar refractivity (Wildman–Crippen MR) is 104 cm³/mol. The van der Waals surface area contributed by atoms with Crippen LogP contribution in [0.4, 0.5) is 0 Å². The molecule has 144 valence electrons. The minimum absolute atomic E-state index is 0.00855. The van der Waals surface area contributed by atoms with E-state index in [-0.39, 0.29) is 22.6 Å². The monoisotopic (exact) mass is 423 g/mol. The van der Waals surface area contributed by atoms with E-state index in [1.165, 1.54) is 6.42 Å². The molecule has 0 aromatic carbocycles. The number of Topliss-reactive ketones (excluding diaryl/α,β-unsaturated/α-hetero) is 1. The van der Waals surface area contributed by atoms with Crippen molar-refractivity contribution >= 4 is 33.4 Å². The maximum Gasteiger partial charge on any atom is 0.343 e. The van der Waals surface area contributed by atoms with Gasteiger partial charge in [-0.1, -0.05) is 62.6 Å². The second-order valence-electron chi connectivity index (χ2n) is 10.6. The van der Waals surface area contributed by atoms with Crippen LogP contribution in [0.2, 0.25) is 0 Å². The lowest BCUT2D eigenvalue weighted by Crippen LogP contribution is -2.45. The summed E-state index contributed by atoms with van der Waals surface area (Å²) in [5, 5.41) is 4.41. The maximum absolute atomic E-state index is 13.3. The van der Waals surface area contributed by atoms with Crippen LogP contribution in [0, 0.1) is 33.0 Å². The van der Waals surface area contributed by atoms with Crippen molar-refractivity contribution in [3.05, 3.63) is 0 Å². The minimum Gasteiger partial charge on any atom is -0.318 e. The highest BCUT2D eigenvalue weighted by atomic mass is 79.9. The van der Waals surface area contributed by atoms with Gasteiger partial charge in [-0.05, 0) is 48.9 Å². The second kappa shape index (κ2) is 5.01. The molecule has 0 spiro atoms. The Kier molecular flexibility index (Phi) is 3.59. The molecule has 4 aliphatic rings. The summed E-state index contributed by atoms with van der Waals surface area (Å²) >= 11 is 3.55. The zero-order chi connectivity index (χ0) is 19.3. The van der Waals surface area contributed by atoms with Crippen LogP contribution in [0.3, 0.4) is 0 Å². The van der Waals surface area contributed by atoms with Gasteiger partial charge in [0.2, 0.25) is 0 Å². The number of hydrogen-bond acceptors (Lipinski definition) is 4. The Bertz CT molecular complexity index is 742. The lowest BCUT2D eigenvalue weighted by Gasteiger charge is -2.38. The van der Waals surface area contributed by atoms with E-state index < -0.39 is 21.1 Å². The summed E-state index contributed by atoms with van der Waals surface area (Å²) in [6, 6.07) is 0. The van der Waals surface area contributed by atoms with Gasteiger partial charge in [-0.2, -0.15) is 0 Å². The first-order valence-corrected chi connectivity index (χ1v) is 10.7. The van der Waals surface area contributed by atoms with Gasteiger partial charge >= 0.3 is 5.97 Å². The Morgan fingerprint density at radius 3 is 2.19 bits per heavy atom. The summed E-state index contributed by atoms with van der Waals surface area (Å²) < 4.78 is 0. The number of rotatable bonds is 2. The van der Waals surface area contributed by atoms with Crippen molar-refractivity contribution in [1.29, 1.82) is 0 Å². The van der Waals surface area contributed by atoms with Crippen LogP contribution in [-0.4, -0.2) is 22.3 Å². The average molecular weight is 424 g/mol. The lowest BCUT2D eigenvalue weighted by molar-refractivity contribution is -0.161. The highest BCUT2D eigenvalue weighted by Crippen LogP contribution is 2.72. The number of carbonyl (C=O) groups is 2. The van der Waals surface area contributed by atoms with E-state index in [2.05, 4.69) is 41.9 Å². The van der Waals surface area contributed by atoms with Crippen molar-refractivity contribution in [2.24, 2.45) is 38.1 Å². The van der Waals surface area contributed by atoms with Crippen LogP contribution in [0.25, 0.3) is 0 Å². The van der Waals surface area contributed by atoms with E-state index in [4.69, 9.17) is 4.84 Å². The van der Waals surface area contributed by atoms with Crippen LogP contribution in [0.15, 0.2) is 5.16 Å². The van der Waals surface area contributed by atoms with Crippen molar-refractivity contribution < 1.29 is 14.4 Å². The molecular weight excluding hydrogens is 394 g/mol. The molecule has 0 saturated heterocycles. The smallest absolute Gasteiger partial charge is 0.318 e. The molecule has 0 aromatic heterocycles. The van der Waals surface area contributed by atoms with Crippen molar-refractivity contribution in [3.63, 3.8) is 0 Å². The fourth-order valence-electron chi connectivity index (χ4n) is 6.65. The van der Waals surface area contributed by atoms with Gasteiger partial charge in [0, 0.05) is 10.8 Å². The summed E-state index contributed by atoms with van der Waals surface area (Å²) in [4.78, 5) is 31.2. The Balaban J connectivity index is 1.63. The van der Waals surface area contributed by atoms with Crippen LogP contribution in [0.5, 0.6) is 0 Å². The number of ketones is 1. The van der Waals surface area contributed by atoms with Crippen LogP contribution < -0.4 is 0 Å². The van der Waals surface area contributed by atoms with Gasteiger partial charge in [-0.15, -0.1) is 0 Å². The molecule has 4 saturated carbocycles. The zero-order valence-corrected chi connectivity index (χ0v) is 18.3. The maximum atomic E-state index is 13.3. The average Bonchev–Trinajstić information content (AvgIpc) is 3.04. The molecular formula is C21H30BrNO3. The Morgan fingerprint density at radius 1 is 1.08 bits per heavy atom. The molecule has 4 nitrogen and oxygen atoms in total. The molecule has 4 fully saturated rings. The molecule has 0 heterocycles. The zero-order valence-electron chi connectivity index (χ0n) is 16.7. The van der Waals surface area contributed by atoms with Crippen LogP contribution in [-0.2, 0) is 14.4 Å². The normalized spacial score (nSPS) is 49.2. The summed E-state index contributed by atoms with van der Waals surface area (Å²) in [6.45, 7) is 12.9. The van der Waals surface area contributed by atoms with Gasteiger partial charge in [-0.3, -0.25) is 4.79 Å². The summed E-state index contributed by atoms with van der Waals surface area (Å²) in [5.74, 6) is 0.410. The molecule has 5 atom stereocenters. The van der Waals surface area contributed by atoms with Crippen molar-refractivity contribution in [2.75, 3.05) is 0 Å². The Hall–Kier alpha value is -0.710. The minimum atomic E-state index is -0.822. The first-order chi connectivity index (χ1) is 11.9. The van der Waals surface area contributed by atoms with Crippen LogP contribution in [0.1, 0.15) is 73.6 Å². The largest absolute Gasteiger partial charge is 0.343 e. The second-order valence-corrected chi connectivity index (χ2v) is 11.5. The first kappa shape index (κ1) is 18.6. The molecule has 0 aromatic rings. The van der Waals surface area contributed by atoms with E-state index in [0.717, 1.165) is 25.0 Å². The van der Waals surface area contributed by atoms with Gasteiger partial charge in [0.15, 0.2) is 5.78 Å². The third-order valence-electron chi connectivity index (χ3n) is 9.84. The molecule has 0 N–H and O–H groups in total. The summed E-state index contributed by atoms with van der Waals surface area (Å²) in [6.07, 6.45) is 4.66. The SMILES string of the molecule is CC12CCC(C(=O)O/N=C3\CC4CCC3(C)C4(C)C)(C(Br)C1=O)C2(C)C. The van der Waals surface area contributed by atoms with Gasteiger partial charge < -0.3 is 4.84 Å². The fourth-order valence-corrected chi connectivity index (χ4v) is 8.14. The number of alkyl halides is 1. The number of hydrogen-bond donors (Lipinski definition) is 0. The number of oxime groups is 1. The summed E-state index contributed by atoms with van der Waals surface area (Å²) in [5.41, 5.74) is -0.514. The Morgan fingerprint density at radius 2 is 1.73 bits per heavy atom. The van der Waals surface area contributed by atoms with E-state index in [1.54, 1.807) is 0 Å².